The van der Waals surface area contributed by atoms with Gasteiger partial charge in [-0.25, -0.2) is 8.42 Å². The molecule has 6 nitrogen and oxygen atoms in total. The molecular weight excluding hydrogens is 348 g/mol. The Hall–Kier alpha value is -1.25. The summed E-state index contributed by atoms with van der Waals surface area (Å²) >= 11 is 1.40. The Morgan fingerprint density at radius 2 is 2.00 bits per heavy atom. The first-order valence-corrected chi connectivity index (χ1v) is 10.9. The number of benzene rings is 1. The van der Waals surface area contributed by atoms with Crippen molar-refractivity contribution in [3.05, 3.63) is 18.2 Å². The molecule has 1 aromatic rings. The Bertz CT molecular complexity index is 671. The molecule has 8 heteroatoms. The van der Waals surface area contributed by atoms with Crippen molar-refractivity contribution in [2.75, 3.05) is 37.0 Å². The van der Waals surface area contributed by atoms with Crippen LogP contribution < -0.4 is 10.1 Å². The SMILES string of the molecule is CCOc1ccc(S(=O)(=O)N2CCCCC2)cc1NC(=O)CSC. The maximum Gasteiger partial charge on any atom is 0.243 e. The predicted octanol–water partition coefficient (Wildman–Crippen LogP) is 2.56. The lowest BCUT2D eigenvalue weighted by molar-refractivity contribution is -0.113. The van der Waals surface area contributed by atoms with Crippen molar-refractivity contribution in [1.29, 1.82) is 0 Å². The zero-order chi connectivity index (χ0) is 17.6. The fourth-order valence-corrected chi connectivity index (χ4v) is 4.50. The fraction of sp³-hybridized carbons (Fsp3) is 0.562. The van der Waals surface area contributed by atoms with Crippen molar-refractivity contribution in [2.24, 2.45) is 0 Å². The molecule has 0 atom stereocenters. The highest BCUT2D eigenvalue weighted by Crippen LogP contribution is 2.30. The van der Waals surface area contributed by atoms with Gasteiger partial charge in [0.2, 0.25) is 15.9 Å². The number of anilines is 1. The Labute approximate surface area is 148 Å². The van der Waals surface area contributed by atoms with E-state index in [1.807, 2.05) is 13.2 Å². The highest BCUT2D eigenvalue weighted by atomic mass is 32.2. The highest BCUT2D eigenvalue weighted by Gasteiger charge is 2.27. The van der Waals surface area contributed by atoms with Gasteiger partial charge in [-0.3, -0.25) is 4.79 Å². The van der Waals surface area contributed by atoms with Gasteiger partial charge in [-0.2, -0.15) is 16.1 Å². The number of amides is 1. The summed E-state index contributed by atoms with van der Waals surface area (Å²) in [6.07, 6.45) is 4.66. The zero-order valence-corrected chi connectivity index (χ0v) is 15.7. The minimum atomic E-state index is -3.54. The van der Waals surface area contributed by atoms with Crippen LogP contribution in [-0.4, -0.2) is 50.3 Å². The summed E-state index contributed by atoms with van der Waals surface area (Å²) in [6, 6.07) is 4.64. The molecule has 1 heterocycles. The lowest BCUT2D eigenvalue weighted by atomic mass is 10.2. The van der Waals surface area contributed by atoms with Gasteiger partial charge in [-0.15, -0.1) is 0 Å². The van der Waals surface area contributed by atoms with Crippen LogP contribution in [0.2, 0.25) is 0 Å². The van der Waals surface area contributed by atoms with E-state index in [0.717, 1.165) is 19.3 Å². The predicted molar refractivity (Wildman–Crippen MR) is 97.2 cm³/mol. The van der Waals surface area contributed by atoms with Crippen LogP contribution in [0.15, 0.2) is 23.1 Å². The summed E-state index contributed by atoms with van der Waals surface area (Å²) in [5, 5.41) is 2.74. The molecule has 1 aliphatic rings. The maximum absolute atomic E-state index is 12.8. The quantitative estimate of drug-likeness (QED) is 0.796. The number of sulfonamides is 1. The van der Waals surface area contributed by atoms with Crippen molar-refractivity contribution in [2.45, 2.75) is 31.1 Å². The standard InChI is InChI=1S/C16H24N2O4S2/c1-3-22-15-8-7-13(11-14(15)17-16(19)12-23-2)24(20,21)18-9-5-4-6-10-18/h7-8,11H,3-6,9-10,12H2,1-2H3,(H,17,19). The van der Waals surface area contributed by atoms with Crippen LogP contribution in [0.5, 0.6) is 5.75 Å². The molecule has 0 unspecified atom stereocenters. The number of hydrogen-bond donors (Lipinski definition) is 1. The highest BCUT2D eigenvalue weighted by molar-refractivity contribution is 7.99. The third-order valence-electron chi connectivity index (χ3n) is 3.75. The van der Waals surface area contributed by atoms with E-state index in [1.165, 1.54) is 22.1 Å². The first kappa shape index (κ1) is 19.1. The number of carbonyl (C=O) groups is 1. The Morgan fingerprint density at radius 3 is 2.62 bits per heavy atom. The van der Waals surface area contributed by atoms with E-state index in [2.05, 4.69) is 5.32 Å². The molecule has 1 amide bonds. The average Bonchev–Trinajstić information content (AvgIpc) is 2.57. The second-order valence-corrected chi connectivity index (χ2v) is 8.34. The molecule has 1 saturated heterocycles. The molecular formula is C16H24N2O4S2. The van der Waals surface area contributed by atoms with Crippen molar-refractivity contribution in [3.8, 4) is 5.75 Å². The molecule has 1 aliphatic heterocycles. The molecule has 1 N–H and O–H groups in total. The Kier molecular flexibility index (Phi) is 6.94. The van der Waals surface area contributed by atoms with Gasteiger partial charge >= 0.3 is 0 Å². The van der Waals surface area contributed by atoms with Crippen molar-refractivity contribution >= 4 is 33.4 Å². The molecule has 1 aromatic carbocycles. The Morgan fingerprint density at radius 1 is 1.29 bits per heavy atom. The molecule has 0 aliphatic carbocycles. The number of hydrogen-bond acceptors (Lipinski definition) is 5. The van der Waals surface area contributed by atoms with Gasteiger partial charge in [-0.1, -0.05) is 6.42 Å². The van der Waals surface area contributed by atoms with Crippen LogP contribution in [0, 0.1) is 0 Å². The minimum Gasteiger partial charge on any atom is -0.492 e. The normalized spacial score (nSPS) is 15.9. The molecule has 24 heavy (non-hydrogen) atoms. The molecule has 134 valence electrons. The van der Waals surface area contributed by atoms with Crippen LogP contribution >= 0.6 is 11.8 Å². The first-order chi connectivity index (χ1) is 11.5. The molecule has 2 rings (SSSR count). The van der Waals surface area contributed by atoms with E-state index in [-0.39, 0.29) is 10.8 Å². The largest absolute Gasteiger partial charge is 0.492 e. The van der Waals surface area contributed by atoms with E-state index in [4.69, 9.17) is 4.74 Å². The van der Waals surface area contributed by atoms with E-state index in [9.17, 15) is 13.2 Å². The molecule has 0 aromatic heterocycles. The van der Waals surface area contributed by atoms with Gasteiger partial charge in [-0.05, 0) is 44.2 Å². The summed E-state index contributed by atoms with van der Waals surface area (Å²) in [5.41, 5.74) is 0.397. The molecule has 1 fully saturated rings. The van der Waals surface area contributed by atoms with E-state index in [1.54, 1.807) is 12.1 Å². The number of ether oxygens (including phenoxy) is 1. The van der Waals surface area contributed by atoms with Gasteiger partial charge in [0.05, 0.1) is 22.9 Å². The van der Waals surface area contributed by atoms with Gasteiger partial charge in [0.1, 0.15) is 5.75 Å². The fourth-order valence-electron chi connectivity index (χ4n) is 2.62. The average molecular weight is 373 g/mol. The van der Waals surface area contributed by atoms with Gasteiger partial charge < -0.3 is 10.1 Å². The van der Waals surface area contributed by atoms with Crippen molar-refractivity contribution in [1.82, 2.24) is 4.31 Å². The number of piperidine rings is 1. The van der Waals surface area contributed by atoms with Crippen LogP contribution in [0.25, 0.3) is 0 Å². The first-order valence-electron chi connectivity index (χ1n) is 8.05. The second kappa shape index (κ2) is 8.73. The number of rotatable bonds is 7. The maximum atomic E-state index is 12.8. The van der Waals surface area contributed by atoms with Crippen LogP contribution in [0.3, 0.4) is 0 Å². The summed E-state index contributed by atoms with van der Waals surface area (Å²) in [5.74, 6) is 0.592. The van der Waals surface area contributed by atoms with Gasteiger partial charge in [0.15, 0.2) is 0 Å². The smallest absolute Gasteiger partial charge is 0.243 e. The topological polar surface area (TPSA) is 75.7 Å². The lowest BCUT2D eigenvalue weighted by Gasteiger charge is -2.26. The molecule has 0 spiro atoms. The third-order valence-corrected chi connectivity index (χ3v) is 6.20. The van der Waals surface area contributed by atoms with E-state index >= 15 is 0 Å². The molecule has 0 bridgehead atoms. The molecule has 0 saturated carbocycles. The zero-order valence-electron chi connectivity index (χ0n) is 14.1. The summed E-state index contributed by atoms with van der Waals surface area (Å²) < 4.78 is 32.6. The minimum absolute atomic E-state index is 0.184. The lowest BCUT2D eigenvalue weighted by Crippen LogP contribution is -2.35. The number of thioether (sulfide) groups is 1. The van der Waals surface area contributed by atoms with Crippen LogP contribution in [-0.2, 0) is 14.8 Å². The van der Waals surface area contributed by atoms with E-state index < -0.39 is 10.0 Å². The van der Waals surface area contributed by atoms with Crippen molar-refractivity contribution in [3.63, 3.8) is 0 Å². The number of nitrogens with one attached hydrogen (secondary N) is 1. The van der Waals surface area contributed by atoms with Gasteiger partial charge in [0.25, 0.3) is 0 Å². The Balaban J connectivity index is 2.31. The second-order valence-electron chi connectivity index (χ2n) is 5.54. The number of nitrogens with zero attached hydrogens (tertiary/aromatic N) is 1. The van der Waals surface area contributed by atoms with Crippen LogP contribution in [0.4, 0.5) is 5.69 Å². The van der Waals surface area contributed by atoms with E-state index in [0.29, 0.717) is 36.9 Å². The van der Waals surface area contributed by atoms with Crippen LogP contribution in [0.1, 0.15) is 26.2 Å². The third kappa shape index (κ3) is 4.64. The summed E-state index contributed by atoms with van der Waals surface area (Å²) in [6.45, 7) is 3.36. The summed E-state index contributed by atoms with van der Waals surface area (Å²) in [7, 11) is -3.54. The monoisotopic (exact) mass is 372 g/mol. The summed E-state index contributed by atoms with van der Waals surface area (Å²) in [4.78, 5) is 12.1. The van der Waals surface area contributed by atoms with Gasteiger partial charge in [0, 0.05) is 13.1 Å². The molecule has 0 radical (unpaired) electrons. The number of carbonyl (C=O) groups excluding carboxylic acids is 1. The van der Waals surface area contributed by atoms with Crippen molar-refractivity contribution < 1.29 is 17.9 Å².